The van der Waals surface area contributed by atoms with Crippen LogP contribution in [-0.4, -0.2) is 21.4 Å². The molecular weight excluding hydrogens is 206 g/mol. The molecule has 16 heavy (non-hydrogen) atoms. The van der Waals surface area contributed by atoms with Gasteiger partial charge in [0.25, 0.3) is 0 Å². The zero-order valence-electron chi connectivity index (χ0n) is 8.71. The summed E-state index contributed by atoms with van der Waals surface area (Å²) in [5.74, 6) is 0.844. The number of nitrogens with zero attached hydrogens (tertiary/aromatic N) is 1. The van der Waals surface area contributed by atoms with Gasteiger partial charge in [-0.05, 0) is 12.1 Å². The van der Waals surface area contributed by atoms with Gasteiger partial charge in [0.1, 0.15) is 12.4 Å². The van der Waals surface area contributed by atoms with Crippen LogP contribution < -0.4 is 4.74 Å². The molecule has 0 aliphatic heterocycles. The first-order valence-corrected chi connectivity index (χ1v) is 5.02. The molecule has 1 aromatic carbocycles. The minimum absolute atomic E-state index is 0.0363. The average Bonchev–Trinajstić information content (AvgIpc) is 2.62. The maximum Gasteiger partial charge on any atom is 0.193 e. The Morgan fingerprint density at radius 1 is 0.938 bits per heavy atom. The van der Waals surface area contributed by atoms with Gasteiger partial charge >= 0.3 is 0 Å². The SMILES string of the molecule is Oc1ccc(O)n1CCOc1ccccc1. The fourth-order valence-electron chi connectivity index (χ4n) is 1.45. The van der Waals surface area contributed by atoms with Gasteiger partial charge in [-0.25, -0.2) is 0 Å². The van der Waals surface area contributed by atoms with E-state index in [4.69, 9.17) is 4.74 Å². The maximum absolute atomic E-state index is 9.38. The molecule has 0 unspecified atom stereocenters. The van der Waals surface area contributed by atoms with E-state index in [0.29, 0.717) is 13.2 Å². The molecule has 0 saturated heterocycles. The van der Waals surface area contributed by atoms with E-state index in [1.54, 1.807) is 0 Å². The third-order valence-corrected chi connectivity index (χ3v) is 2.26. The topological polar surface area (TPSA) is 54.6 Å². The molecular formula is C12H13NO3. The van der Waals surface area contributed by atoms with E-state index in [2.05, 4.69) is 0 Å². The summed E-state index contributed by atoms with van der Waals surface area (Å²) >= 11 is 0. The second kappa shape index (κ2) is 4.61. The van der Waals surface area contributed by atoms with Crippen LogP contribution in [0.1, 0.15) is 0 Å². The van der Waals surface area contributed by atoms with E-state index in [1.807, 2.05) is 30.3 Å². The van der Waals surface area contributed by atoms with Crippen LogP contribution in [-0.2, 0) is 6.54 Å². The van der Waals surface area contributed by atoms with E-state index >= 15 is 0 Å². The smallest absolute Gasteiger partial charge is 0.193 e. The van der Waals surface area contributed by atoms with Crippen LogP contribution in [0.25, 0.3) is 0 Å². The third kappa shape index (κ3) is 2.28. The van der Waals surface area contributed by atoms with Gasteiger partial charge in [0.2, 0.25) is 0 Å². The molecule has 0 aliphatic rings. The molecule has 0 amide bonds. The monoisotopic (exact) mass is 219 g/mol. The van der Waals surface area contributed by atoms with Crippen molar-refractivity contribution < 1.29 is 14.9 Å². The summed E-state index contributed by atoms with van der Waals surface area (Å²) in [6, 6.07) is 12.3. The second-order valence-corrected chi connectivity index (χ2v) is 3.36. The number of benzene rings is 1. The van der Waals surface area contributed by atoms with Gasteiger partial charge in [-0.15, -0.1) is 0 Å². The molecule has 0 aliphatic carbocycles. The van der Waals surface area contributed by atoms with Crippen molar-refractivity contribution in [1.82, 2.24) is 4.57 Å². The standard InChI is InChI=1S/C12H13NO3/c14-11-6-7-12(15)13(11)8-9-16-10-4-2-1-3-5-10/h1-7,14-15H,8-9H2. The Morgan fingerprint density at radius 3 is 2.19 bits per heavy atom. The van der Waals surface area contributed by atoms with Crippen molar-refractivity contribution in [2.45, 2.75) is 6.54 Å². The number of para-hydroxylation sites is 1. The van der Waals surface area contributed by atoms with Gasteiger partial charge in [-0.2, -0.15) is 0 Å². The maximum atomic E-state index is 9.38. The summed E-state index contributed by atoms with van der Waals surface area (Å²) in [5.41, 5.74) is 0. The fraction of sp³-hybridized carbons (Fsp3) is 0.167. The highest BCUT2D eigenvalue weighted by molar-refractivity contribution is 5.24. The number of hydrogen-bond acceptors (Lipinski definition) is 3. The molecule has 2 rings (SSSR count). The average molecular weight is 219 g/mol. The summed E-state index contributed by atoms with van der Waals surface area (Å²) in [6.07, 6.45) is 0. The predicted octanol–water partition coefficient (Wildman–Crippen LogP) is 1.98. The van der Waals surface area contributed by atoms with Gasteiger partial charge in [0.05, 0.1) is 6.54 Å². The Bertz CT molecular complexity index is 431. The van der Waals surface area contributed by atoms with Crippen molar-refractivity contribution in [3.63, 3.8) is 0 Å². The van der Waals surface area contributed by atoms with Crippen molar-refractivity contribution >= 4 is 0 Å². The Kier molecular flexibility index (Phi) is 3.00. The number of aromatic nitrogens is 1. The lowest BCUT2D eigenvalue weighted by molar-refractivity contribution is 0.275. The Balaban J connectivity index is 1.89. The van der Waals surface area contributed by atoms with Crippen molar-refractivity contribution in [3.05, 3.63) is 42.5 Å². The molecule has 1 aromatic heterocycles. The number of aromatic hydroxyl groups is 2. The highest BCUT2D eigenvalue weighted by atomic mass is 16.5. The van der Waals surface area contributed by atoms with E-state index in [-0.39, 0.29) is 11.8 Å². The highest BCUT2D eigenvalue weighted by Gasteiger charge is 2.04. The lowest BCUT2D eigenvalue weighted by atomic mass is 10.3. The summed E-state index contributed by atoms with van der Waals surface area (Å²) in [7, 11) is 0. The van der Waals surface area contributed by atoms with Crippen LogP contribution >= 0.6 is 0 Å². The molecule has 0 atom stereocenters. The van der Waals surface area contributed by atoms with Crippen LogP contribution in [0.5, 0.6) is 17.5 Å². The van der Waals surface area contributed by atoms with Crippen LogP contribution in [0.2, 0.25) is 0 Å². The normalized spacial score (nSPS) is 10.2. The zero-order valence-corrected chi connectivity index (χ0v) is 8.71. The fourth-order valence-corrected chi connectivity index (χ4v) is 1.45. The quantitative estimate of drug-likeness (QED) is 0.826. The first kappa shape index (κ1) is 10.4. The molecule has 0 bridgehead atoms. The highest BCUT2D eigenvalue weighted by Crippen LogP contribution is 2.20. The molecule has 2 N–H and O–H groups in total. The Labute approximate surface area is 93.3 Å². The second-order valence-electron chi connectivity index (χ2n) is 3.36. The number of rotatable bonds is 4. The first-order chi connectivity index (χ1) is 7.77. The van der Waals surface area contributed by atoms with Crippen molar-refractivity contribution in [2.24, 2.45) is 0 Å². The summed E-state index contributed by atoms with van der Waals surface area (Å²) < 4.78 is 6.82. The van der Waals surface area contributed by atoms with Gasteiger partial charge in [-0.1, -0.05) is 18.2 Å². The molecule has 0 saturated carbocycles. The van der Waals surface area contributed by atoms with Gasteiger partial charge in [-0.3, -0.25) is 4.57 Å². The lowest BCUT2D eigenvalue weighted by Gasteiger charge is -2.08. The molecule has 0 radical (unpaired) electrons. The Morgan fingerprint density at radius 2 is 1.56 bits per heavy atom. The first-order valence-electron chi connectivity index (χ1n) is 5.02. The van der Waals surface area contributed by atoms with Crippen molar-refractivity contribution in [2.75, 3.05) is 6.61 Å². The molecule has 1 heterocycles. The van der Waals surface area contributed by atoms with E-state index in [9.17, 15) is 10.2 Å². The molecule has 0 fully saturated rings. The van der Waals surface area contributed by atoms with Gasteiger partial charge in [0, 0.05) is 12.1 Å². The van der Waals surface area contributed by atoms with Gasteiger partial charge < -0.3 is 14.9 Å². The van der Waals surface area contributed by atoms with E-state index < -0.39 is 0 Å². The minimum atomic E-state index is 0.0363. The van der Waals surface area contributed by atoms with E-state index in [1.165, 1.54) is 16.7 Å². The summed E-state index contributed by atoms with van der Waals surface area (Å²) in [5, 5.41) is 18.8. The van der Waals surface area contributed by atoms with Crippen LogP contribution in [0.3, 0.4) is 0 Å². The summed E-state index contributed by atoms with van der Waals surface area (Å²) in [4.78, 5) is 0. The van der Waals surface area contributed by atoms with Crippen LogP contribution in [0, 0.1) is 0 Å². The molecule has 4 nitrogen and oxygen atoms in total. The lowest BCUT2D eigenvalue weighted by Crippen LogP contribution is -2.07. The molecule has 4 heteroatoms. The number of ether oxygens (including phenoxy) is 1. The molecule has 0 spiro atoms. The predicted molar refractivity (Wildman–Crippen MR) is 59.7 cm³/mol. The third-order valence-electron chi connectivity index (χ3n) is 2.26. The minimum Gasteiger partial charge on any atom is -0.494 e. The number of hydrogen-bond donors (Lipinski definition) is 2. The molecule has 84 valence electrons. The van der Waals surface area contributed by atoms with E-state index in [0.717, 1.165) is 5.75 Å². The van der Waals surface area contributed by atoms with Gasteiger partial charge in [0.15, 0.2) is 11.8 Å². The Hall–Kier alpha value is -2.10. The molecule has 2 aromatic rings. The largest absolute Gasteiger partial charge is 0.494 e. The van der Waals surface area contributed by atoms with Crippen molar-refractivity contribution in [3.8, 4) is 17.5 Å². The zero-order chi connectivity index (χ0) is 11.4. The van der Waals surface area contributed by atoms with Crippen LogP contribution in [0.4, 0.5) is 0 Å². The van der Waals surface area contributed by atoms with Crippen LogP contribution in [0.15, 0.2) is 42.5 Å². The summed E-state index contributed by atoms with van der Waals surface area (Å²) in [6.45, 7) is 0.791. The van der Waals surface area contributed by atoms with Crippen molar-refractivity contribution in [1.29, 1.82) is 0 Å².